The van der Waals surface area contributed by atoms with Gasteiger partial charge in [0.25, 0.3) is 0 Å². The number of benzene rings is 2. The first-order chi connectivity index (χ1) is 9.70. The molecule has 22 heavy (non-hydrogen) atoms. The highest BCUT2D eigenvalue weighted by molar-refractivity contribution is 6.28. The summed E-state index contributed by atoms with van der Waals surface area (Å²) in [5, 5.41) is 14.5. The average molecular weight is 292 g/mol. The molecule has 0 unspecified atom stereocenters. The molecule has 0 atom stereocenters. The lowest BCUT2D eigenvalue weighted by molar-refractivity contribution is 0.0979. The molecule has 0 spiro atoms. The van der Waals surface area contributed by atoms with E-state index in [2.05, 4.69) is 0 Å². The summed E-state index contributed by atoms with van der Waals surface area (Å²) >= 11 is 0. The van der Waals surface area contributed by atoms with Gasteiger partial charge in [-0.25, -0.2) is 0 Å². The molecule has 2 aromatic carbocycles. The second-order valence-electron chi connectivity index (χ2n) is 3.97. The zero-order valence-corrected chi connectivity index (χ0v) is 10.3. The maximum Gasteiger partial charge on any atom is 0.194 e. The van der Waals surface area contributed by atoms with E-state index in [9.17, 15) is 9.59 Å². The maximum atomic E-state index is 12.1. The van der Waals surface area contributed by atoms with Crippen LogP contribution >= 0.6 is 0 Å². The van der Waals surface area contributed by atoms with E-state index in [1.165, 1.54) is 12.1 Å². The predicted octanol–water partition coefficient (Wildman–Crippen LogP) is 3.77. The van der Waals surface area contributed by atoms with Crippen LogP contribution in [0.1, 0.15) is 46.7 Å². The van der Waals surface area contributed by atoms with Crippen LogP contribution in [-0.4, -0.2) is 11.6 Å². The van der Waals surface area contributed by atoms with Gasteiger partial charge in [0.15, 0.2) is 23.7 Å². The third-order valence-electron chi connectivity index (χ3n) is 2.88. The Balaban J connectivity index is 0.000000665. The summed E-state index contributed by atoms with van der Waals surface area (Å²) in [4.78, 5) is 24.2. The molecule has 0 bridgehead atoms. The Hall–Kier alpha value is -3.24. The van der Waals surface area contributed by atoms with Gasteiger partial charge in [-0.1, -0.05) is 63.4 Å². The molecule has 0 heterocycles. The number of hydrogen-bond donors (Lipinski definition) is 0. The van der Waals surface area contributed by atoms with Crippen molar-refractivity contribution in [3.8, 4) is 12.1 Å². The van der Waals surface area contributed by atoms with Gasteiger partial charge < -0.3 is 0 Å². The van der Waals surface area contributed by atoms with Crippen LogP contribution in [0, 0.1) is 22.7 Å². The number of hydrogen-bond acceptors (Lipinski definition) is 4. The van der Waals surface area contributed by atoms with Gasteiger partial charge >= 0.3 is 0 Å². The van der Waals surface area contributed by atoms with Crippen molar-refractivity contribution >= 4 is 11.6 Å². The molecule has 110 valence electrons. The van der Waals surface area contributed by atoms with Crippen LogP contribution in [0.4, 0.5) is 0 Å². The Morgan fingerprint density at radius 3 is 1.00 bits per heavy atom. The van der Waals surface area contributed by atoms with Gasteiger partial charge in [-0.15, -0.1) is 0 Å². The van der Waals surface area contributed by atoms with E-state index in [1.807, 2.05) is 0 Å². The lowest BCUT2D eigenvalue weighted by atomic mass is 9.84. The Bertz CT molecular complexity index is 663. The summed E-state index contributed by atoms with van der Waals surface area (Å²) in [6.07, 6.45) is 0. The van der Waals surface area contributed by atoms with E-state index in [4.69, 9.17) is 10.5 Å². The largest absolute Gasteiger partial charge is 0.289 e. The molecule has 0 aromatic heterocycles. The zero-order chi connectivity index (χ0) is 14.5. The van der Waals surface area contributed by atoms with Gasteiger partial charge in [0, 0.05) is 22.3 Å². The normalized spacial score (nSPS) is 10.1. The fourth-order valence-electron chi connectivity index (χ4n) is 2.05. The van der Waals surface area contributed by atoms with Crippen molar-refractivity contribution < 1.29 is 9.59 Å². The molecule has 0 saturated heterocycles. The molecular weight excluding hydrogens is 276 g/mol. The molecule has 1 aliphatic rings. The topological polar surface area (TPSA) is 81.7 Å². The van der Waals surface area contributed by atoms with E-state index in [-0.39, 0.29) is 26.4 Å². The Morgan fingerprint density at radius 2 is 0.818 bits per heavy atom. The highest BCUT2D eigenvalue weighted by atomic mass is 16.1. The minimum Gasteiger partial charge on any atom is -0.289 e. The minimum absolute atomic E-state index is 0. The van der Waals surface area contributed by atoms with Gasteiger partial charge in [-0.2, -0.15) is 10.5 Å². The highest BCUT2D eigenvalue weighted by Gasteiger charge is 2.28. The van der Waals surface area contributed by atoms with Crippen LogP contribution in [-0.2, 0) is 0 Å². The van der Waals surface area contributed by atoms with Crippen LogP contribution in [0.3, 0.4) is 0 Å². The summed E-state index contributed by atoms with van der Waals surface area (Å²) in [6, 6.07) is 16.4. The molecule has 0 saturated carbocycles. The number of nitriles is 2. The van der Waals surface area contributed by atoms with Crippen molar-refractivity contribution in [1.29, 1.82) is 10.5 Å². The molecule has 3 rings (SSSR count). The molecule has 2 aromatic rings. The molecule has 0 amide bonds. The second kappa shape index (κ2) is 8.14. The van der Waals surface area contributed by atoms with Gasteiger partial charge in [0.1, 0.15) is 0 Å². The van der Waals surface area contributed by atoms with Crippen LogP contribution in [0.5, 0.6) is 0 Å². The van der Waals surface area contributed by atoms with Crippen molar-refractivity contribution in [3.63, 3.8) is 0 Å². The second-order valence-corrected chi connectivity index (χ2v) is 3.97. The third kappa shape index (κ3) is 3.26. The molecule has 4 nitrogen and oxygen atoms in total. The lowest BCUT2D eigenvalue weighted by Crippen LogP contribution is -2.20. The Labute approximate surface area is 130 Å². The van der Waals surface area contributed by atoms with Crippen LogP contribution in [0.2, 0.25) is 0 Å². The van der Waals surface area contributed by atoms with Crippen LogP contribution < -0.4 is 0 Å². The zero-order valence-electron chi connectivity index (χ0n) is 10.3. The number of carbonyl (C=O) groups excluding carboxylic acids is 2. The molecule has 1 aliphatic carbocycles. The summed E-state index contributed by atoms with van der Waals surface area (Å²) < 4.78 is 0. The van der Waals surface area contributed by atoms with Gasteiger partial charge in [-0.3, -0.25) is 9.59 Å². The number of fused-ring (bicyclic) bond motifs is 2. The first kappa shape index (κ1) is 18.8. The number of ketones is 2. The molecule has 0 fully saturated rings. The van der Waals surface area contributed by atoms with Gasteiger partial charge in [0.05, 0.1) is 0 Å². The van der Waals surface area contributed by atoms with Gasteiger partial charge in [-0.05, 0) is 0 Å². The third-order valence-corrected chi connectivity index (χ3v) is 2.88. The predicted molar refractivity (Wildman–Crippen MR) is 84.4 cm³/mol. The summed E-state index contributed by atoms with van der Waals surface area (Å²) in [7, 11) is 0. The maximum absolute atomic E-state index is 12.1. The minimum atomic E-state index is -0.0641. The van der Waals surface area contributed by atoms with E-state index in [0.29, 0.717) is 22.3 Å². The number of rotatable bonds is 0. The summed E-state index contributed by atoms with van der Waals surface area (Å²) in [5.74, 6) is -0.128. The first-order valence-corrected chi connectivity index (χ1v) is 5.76. The molecule has 0 radical (unpaired) electrons. The van der Waals surface area contributed by atoms with Crippen molar-refractivity contribution in [1.82, 2.24) is 0 Å². The molecule has 4 heteroatoms. The number of nitrogens with zero attached hydrogens (tertiary/aromatic N) is 2. The van der Waals surface area contributed by atoms with E-state index in [1.54, 1.807) is 48.5 Å². The van der Waals surface area contributed by atoms with E-state index < -0.39 is 0 Å². The SMILES string of the molecule is C.C.N#CC#N.O=C1c2ccccc2C(=O)c2ccccc21. The van der Waals surface area contributed by atoms with E-state index in [0.717, 1.165) is 0 Å². The smallest absolute Gasteiger partial charge is 0.194 e. The quantitative estimate of drug-likeness (QED) is 0.631. The Kier molecular flexibility index (Phi) is 6.94. The summed E-state index contributed by atoms with van der Waals surface area (Å²) in [6.45, 7) is 0. The molecule has 0 N–H and O–H groups in total. The fraction of sp³-hybridized carbons (Fsp3) is 0.111. The van der Waals surface area contributed by atoms with Crippen molar-refractivity contribution in [2.45, 2.75) is 14.9 Å². The molecular formula is C18H16N2O2. The molecule has 0 aliphatic heterocycles. The van der Waals surface area contributed by atoms with Crippen LogP contribution in [0.25, 0.3) is 0 Å². The van der Waals surface area contributed by atoms with Crippen LogP contribution in [0.15, 0.2) is 48.5 Å². The van der Waals surface area contributed by atoms with Crippen molar-refractivity contribution in [3.05, 3.63) is 70.8 Å². The first-order valence-electron chi connectivity index (χ1n) is 5.76. The van der Waals surface area contributed by atoms with Crippen molar-refractivity contribution in [2.75, 3.05) is 0 Å². The Morgan fingerprint density at radius 1 is 0.591 bits per heavy atom. The highest BCUT2D eigenvalue weighted by Crippen LogP contribution is 2.26. The fourth-order valence-corrected chi connectivity index (χ4v) is 2.05. The number of carbonyl (C=O) groups is 2. The van der Waals surface area contributed by atoms with Gasteiger partial charge in [0.2, 0.25) is 0 Å². The standard InChI is InChI=1S/C14H8O2.C2N2.2CH4/c15-13-9-5-1-2-6-10(9)14(16)12-8-4-3-7-11(12)13;3-1-2-4;;/h1-8H;;2*1H4. The summed E-state index contributed by atoms with van der Waals surface area (Å²) in [5.41, 5.74) is 2.02. The lowest BCUT2D eigenvalue weighted by Gasteiger charge is -2.16. The average Bonchev–Trinajstić information content (AvgIpc) is 2.53. The van der Waals surface area contributed by atoms with Crippen molar-refractivity contribution in [2.24, 2.45) is 0 Å². The van der Waals surface area contributed by atoms with E-state index >= 15 is 0 Å². The monoisotopic (exact) mass is 292 g/mol.